The Morgan fingerprint density at radius 2 is 2.30 bits per heavy atom. The zero-order chi connectivity index (χ0) is 7.82. The third-order valence-corrected chi connectivity index (χ3v) is 1.69. The monoisotopic (exact) mass is 141 g/mol. The highest BCUT2D eigenvalue weighted by Crippen LogP contribution is 1.90. The molecule has 0 bridgehead atoms. The molecular weight excluding hydrogens is 122 g/mol. The standard InChI is InChI=1S/C9H19N/c1-4-6-7-8-10-9(3)5-2/h4,9-10H,1,5-8H2,2-3H3. The van der Waals surface area contributed by atoms with Gasteiger partial charge in [-0.05, 0) is 32.7 Å². The first-order valence-electron chi connectivity index (χ1n) is 4.15. The Balaban J connectivity index is 2.95. The summed E-state index contributed by atoms with van der Waals surface area (Å²) in [5.41, 5.74) is 0. The zero-order valence-electron chi connectivity index (χ0n) is 7.19. The van der Waals surface area contributed by atoms with Crippen molar-refractivity contribution in [3.63, 3.8) is 0 Å². The molecular formula is C9H19N. The van der Waals surface area contributed by atoms with Crippen LogP contribution in [0.3, 0.4) is 0 Å². The van der Waals surface area contributed by atoms with Crippen LogP contribution in [0.4, 0.5) is 0 Å². The van der Waals surface area contributed by atoms with Gasteiger partial charge in [0, 0.05) is 6.04 Å². The third-order valence-electron chi connectivity index (χ3n) is 1.69. The van der Waals surface area contributed by atoms with Crippen LogP contribution in [0.5, 0.6) is 0 Å². The normalized spacial score (nSPS) is 13.0. The highest BCUT2D eigenvalue weighted by molar-refractivity contribution is 4.67. The summed E-state index contributed by atoms with van der Waals surface area (Å²) < 4.78 is 0. The number of unbranched alkanes of at least 4 members (excludes halogenated alkanes) is 1. The van der Waals surface area contributed by atoms with Gasteiger partial charge in [-0.15, -0.1) is 6.58 Å². The van der Waals surface area contributed by atoms with Crippen molar-refractivity contribution in [2.45, 2.75) is 39.2 Å². The molecule has 1 atom stereocenters. The quantitative estimate of drug-likeness (QED) is 0.442. The van der Waals surface area contributed by atoms with Gasteiger partial charge in [-0.2, -0.15) is 0 Å². The summed E-state index contributed by atoms with van der Waals surface area (Å²) in [4.78, 5) is 0. The maximum Gasteiger partial charge on any atom is 0.00361 e. The van der Waals surface area contributed by atoms with E-state index in [2.05, 4.69) is 25.7 Å². The van der Waals surface area contributed by atoms with Gasteiger partial charge < -0.3 is 5.32 Å². The maximum absolute atomic E-state index is 3.67. The molecule has 0 aliphatic carbocycles. The lowest BCUT2D eigenvalue weighted by Crippen LogP contribution is -2.25. The van der Waals surface area contributed by atoms with Gasteiger partial charge in [0.15, 0.2) is 0 Å². The molecule has 1 N–H and O–H groups in total. The Labute approximate surface area is 64.5 Å². The van der Waals surface area contributed by atoms with Crippen molar-refractivity contribution in [1.29, 1.82) is 0 Å². The second kappa shape index (κ2) is 6.81. The number of hydrogen-bond acceptors (Lipinski definition) is 1. The van der Waals surface area contributed by atoms with E-state index in [1.54, 1.807) is 0 Å². The zero-order valence-corrected chi connectivity index (χ0v) is 7.19. The predicted octanol–water partition coefficient (Wildman–Crippen LogP) is 2.34. The van der Waals surface area contributed by atoms with Crippen LogP contribution in [0.2, 0.25) is 0 Å². The van der Waals surface area contributed by atoms with Crippen LogP contribution in [0, 0.1) is 0 Å². The topological polar surface area (TPSA) is 12.0 Å². The fourth-order valence-corrected chi connectivity index (χ4v) is 0.739. The summed E-state index contributed by atoms with van der Waals surface area (Å²) in [6.07, 6.45) is 5.53. The second-order valence-corrected chi connectivity index (χ2v) is 2.69. The van der Waals surface area contributed by atoms with E-state index in [4.69, 9.17) is 0 Å². The van der Waals surface area contributed by atoms with Crippen molar-refractivity contribution >= 4 is 0 Å². The molecule has 0 saturated carbocycles. The first-order chi connectivity index (χ1) is 4.81. The molecule has 0 spiro atoms. The highest BCUT2D eigenvalue weighted by Gasteiger charge is 1.93. The van der Waals surface area contributed by atoms with Crippen LogP contribution in [0.1, 0.15) is 33.1 Å². The Morgan fingerprint density at radius 1 is 1.60 bits per heavy atom. The molecule has 0 aliphatic heterocycles. The highest BCUT2D eigenvalue weighted by atomic mass is 14.9. The minimum atomic E-state index is 0.671. The molecule has 10 heavy (non-hydrogen) atoms. The summed E-state index contributed by atoms with van der Waals surface area (Å²) in [6, 6.07) is 0.671. The molecule has 0 aromatic heterocycles. The van der Waals surface area contributed by atoms with Crippen molar-refractivity contribution in [1.82, 2.24) is 5.32 Å². The lowest BCUT2D eigenvalue weighted by atomic mass is 10.2. The van der Waals surface area contributed by atoms with E-state index < -0.39 is 0 Å². The van der Waals surface area contributed by atoms with E-state index >= 15 is 0 Å². The molecule has 1 unspecified atom stereocenters. The van der Waals surface area contributed by atoms with Gasteiger partial charge in [0.05, 0.1) is 0 Å². The Morgan fingerprint density at radius 3 is 2.80 bits per heavy atom. The minimum absolute atomic E-state index is 0.671. The van der Waals surface area contributed by atoms with Gasteiger partial charge >= 0.3 is 0 Å². The molecule has 0 fully saturated rings. The largest absolute Gasteiger partial charge is 0.314 e. The molecule has 1 nitrogen and oxygen atoms in total. The van der Waals surface area contributed by atoms with Crippen LogP contribution in [0.25, 0.3) is 0 Å². The number of rotatable bonds is 6. The number of allylic oxidation sites excluding steroid dienone is 1. The van der Waals surface area contributed by atoms with Gasteiger partial charge in [0.1, 0.15) is 0 Å². The van der Waals surface area contributed by atoms with Crippen molar-refractivity contribution in [2.24, 2.45) is 0 Å². The Bertz CT molecular complexity index is 78.8. The van der Waals surface area contributed by atoms with Crippen LogP contribution >= 0.6 is 0 Å². The van der Waals surface area contributed by atoms with Crippen molar-refractivity contribution < 1.29 is 0 Å². The first-order valence-corrected chi connectivity index (χ1v) is 4.15. The summed E-state index contributed by atoms with van der Waals surface area (Å²) >= 11 is 0. The predicted molar refractivity (Wildman–Crippen MR) is 47.2 cm³/mol. The summed E-state index contributed by atoms with van der Waals surface area (Å²) in [5.74, 6) is 0. The molecule has 0 aromatic carbocycles. The molecule has 0 aromatic rings. The Kier molecular flexibility index (Phi) is 6.61. The summed E-state index contributed by atoms with van der Waals surface area (Å²) in [5, 5.41) is 3.42. The van der Waals surface area contributed by atoms with Crippen LogP contribution in [-0.2, 0) is 0 Å². The fourth-order valence-electron chi connectivity index (χ4n) is 0.739. The van der Waals surface area contributed by atoms with E-state index in [0.29, 0.717) is 6.04 Å². The smallest absolute Gasteiger partial charge is 0.00361 e. The van der Waals surface area contributed by atoms with Gasteiger partial charge in [-0.3, -0.25) is 0 Å². The lowest BCUT2D eigenvalue weighted by molar-refractivity contribution is 0.526. The first kappa shape index (κ1) is 9.70. The minimum Gasteiger partial charge on any atom is -0.314 e. The van der Waals surface area contributed by atoms with Crippen LogP contribution in [-0.4, -0.2) is 12.6 Å². The van der Waals surface area contributed by atoms with E-state index in [1.165, 1.54) is 12.8 Å². The number of hydrogen-bond donors (Lipinski definition) is 1. The molecule has 0 heterocycles. The molecule has 1 heteroatoms. The van der Waals surface area contributed by atoms with Crippen molar-refractivity contribution in [3.8, 4) is 0 Å². The fraction of sp³-hybridized carbons (Fsp3) is 0.778. The Hall–Kier alpha value is -0.300. The van der Waals surface area contributed by atoms with Crippen LogP contribution < -0.4 is 5.32 Å². The molecule has 0 radical (unpaired) electrons. The van der Waals surface area contributed by atoms with Gasteiger partial charge in [-0.1, -0.05) is 13.0 Å². The molecule has 60 valence electrons. The van der Waals surface area contributed by atoms with Crippen molar-refractivity contribution in [3.05, 3.63) is 12.7 Å². The molecule has 0 saturated heterocycles. The number of nitrogens with one attached hydrogen (secondary N) is 1. The summed E-state index contributed by atoms with van der Waals surface area (Å²) in [6.45, 7) is 9.21. The third kappa shape index (κ3) is 5.83. The average molecular weight is 141 g/mol. The van der Waals surface area contributed by atoms with E-state index in [9.17, 15) is 0 Å². The van der Waals surface area contributed by atoms with Gasteiger partial charge in [0.25, 0.3) is 0 Å². The van der Waals surface area contributed by atoms with E-state index in [0.717, 1.165) is 13.0 Å². The van der Waals surface area contributed by atoms with E-state index in [-0.39, 0.29) is 0 Å². The van der Waals surface area contributed by atoms with E-state index in [1.807, 2.05) is 6.08 Å². The SMILES string of the molecule is C=CCCCNC(C)CC. The molecule has 0 aliphatic rings. The van der Waals surface area contributed by atoms with Crippen LogP contribution in [0.15, 0.2) is 12.7 Å². The van der Waals surface area contributed by atoms with Crippen molar-refractivity contribution in [2.75, 3.05) is 6.54 Å². The van der Waals surface area contributed by atoms with Gasteiger partial charge in [0.2, 0.25) is 0 Å². The maximum atomic E-state index is 3.67. The lowest BCUT2D eigenvalue weighted by Gasteiger charge is -2.09. The molecule has 0 amide bonds. The van der Waals surface area contributed by atoms with Gasteiger partial charge in [-0.25, -0.2) is 0 Å². The molecule has 0 rings (SSSR count). The second-order valence-electron chi connectivity index (χ2n) is 2.69. The summed E-state index contributed by atoms with van der Waals surface area (Å²) in [7, 11) is 0. The average Bonchev–Trinajstić information content (AvgIpc) is 1.98.